The number of hydrogen-bond donors (Lipinski definition) is 0. The lowest BCUT2D eigenvalue weighted by Gasteiger charge is -2.39. The van der Waals surface area contributed by atoms with Gasteiger partial charge in [-0.25, -0.2) is 0 Å². The van der Waals surface area contributed by atoms with Gasteiger partial charge in [0.2, 0.25) is 0 Å². The van der Waals surface area contributed by atoms with Crippen molar-refractivity contribution in [3.8, 4) is 0 Å². The summed E-state index contributed by atoms with van der Waals surface area (Å²) in [6.45, 7) is 11.8. The van der Waals surface area contributed by atoms with Crippen LogP contribution >= 0.6 is 0 Å². The van der Waals surface area contributed by atoms with Crippen LogP contribution in [0, 0.1) is 0 Å². The Morgan fingerprint density at radius 1 is 0.875 bits per heavy atom. The van der Waals surface area contributed by atoms with E-state index in [0.717, 1.165) is 0 Å². The summed E-state index contributed by atoms with van der Waals surface area (Å²) in [5, 5.41) is 0.357. The van der Waals surface area contributed by atoms with Crippen LogP contribution in [-0.4, -0.2) is 14.4 Å². The average molecular weight is 242 g/mol. The third-order valence-electron chi connectivity index (χ3n) is 4.32. The van der Waals surface area contributed by atoms with Gasteiger partial charge in [-0.15, -0.1) is 0 Å². The number of rotatable bonds is 2. The van der Waals surface area contributed by atoms with E-state index in [9.17, 15) is 0 Å². The van der Waals surface area contributed by atoms with Gasteiger partial charge < -0.3 is 4.43 Å². The fourth-order valence-corrected chi connectivity index (χ4v) is 3.55. The van der Waals surface area contributed by atoms with Crippen molar-refractivity contribution >= 4 is 8.32 Å². The second-order valence-electron chi connectivity index (χ2n) is 6.85. The van der Waals surface area contributed by atoms with E-state index >= 15 is 0 Å². The lowest BCUT2D eigenvalue weighted by atomic mass is 9.99. The first-order valence-corrected chi connectivity index (χ1v) is 9.91. The molecule has 2 heteroatoms. The Hall–Kier alpha value is 0.177. The topological polar surface area (TPSA) is 9.23 Å². The van der Waals surface area contributed by atoms with Gasteiger partial charge in [0.15, 0.2) is 8.32 Å². The van der Waals surface area contributed by atoms with Crippen molar-refractivity contribution in [2.75, 3.05) is 0 Å². The van der Waals surface area contributed by atoms with Gasteiger partial charge in [-0.05, 0) is 31.0 Å². The molecule has 0 spiro atoms. The second-order valence-corrected chi connectivity index (χ2v) is 11.6. The zero-order chi connectivity index (χ0) is 12.2. The van der Waals surface area contributed by atoms with Crippen LogP contribution in [0.1, 0.15) is 65.7 Å². The van der Waals surface area contributed by atoms with Gasteiger partial charge in [-0.2, -0.15) is 0 Å². The van der Waals surface area contributed by atoms with E-state index < -0.39 is 8.32 Å². The molecule has 0 unspecified atom stereocenters. The van der Waals surface area contributed by atoms with E-state index in [1.165, 1.54) is 44.9 Å². The zero-order valence-corrected chi connectivity index (χ0v) is 12.9. The third-order valence-corrected chi connectivity index (χ3v) is 8.85. The molecule has 1 saturated carbocycles. The van der Waals surface area contributed by atoms with Gasteiger partial charge in [-0.3, -0.25) is 0 Å². The Labute approximate surface area is 103 Å². The minimum absolute atomic E-state index is 0.357. The van der Waals surface area contributed by atoms with Crippen molar-refractivity contribution in [1.29, 1.82) is 0 Å². The van der Waals surface area contributed by atoms with E-state index in [1.54, 1.807) is 0 Å². The summed E-state index contributed by atoms with van der Waals surface area (Å²) in [6, 6.07) is 0. The van der Waals surface area contributed by atoms with Crippen molar-refractivity contribution in [3.63, 3.8) is 0 Å². The lowest BCUT2D eigenvalue weighted by Crippen LogP contribution is -2.44. The summed E-state index contributed by atoms with van der Waals surface area (Å²) in [4.78, 5) is 0. The first-order chi connectivity index (χ1) is 7.33. The second kappa shape index (κ2) is 5.68. The van der Waals surface area contributed by atoms with Crippen LogP contribution in [0.4, 0.5) is 0 Å². The molecule has 96 valence electrons. The molecule has 0 heterocycles. The Balaban J connectivity index is 2.50. The summed E-state index contributed by atoms with van der Waals surface area (Å²) in [5.41, 5.74) is 0. The smallest absolute Gasteiger partial charge is 0.192 e. The predicted octanol–water partition coefficient (Wildman–Crippen LogP) is 5.12. The molecule has 16 heavy (non-hydrogen) atoms. The monoisotopic (exact) mass is 242 g/mol. The van der Waals surface area contributed by atoms with Gasteiger partial charge in [0.25, 0.3) is 0 Å². The van der Waals surface area contributed by atoms with E-state index in [4.69, 9.17) is 4.43 Å². The normalized spacial score (nSPS) is 21.6. The Morgan fingerprint density at radius 3 is 1.75 bits per heavy atom. The van der Waals surface area contributed by atoms with Crippen LogP contribution in [0.2, 0.25) is 18.1 Å². The highest BCUT2D eigenvalue weighted by Gasteiger charge is 2.38. The lowest BCUT2D eigenvalue weighted by molar-refractivity contribution is 0.149. The van der Waals surface area contributed by atoms with Crippen LogP contribution in [0.3, 0.4) is 0 Å². The van der Waals surface area contributed by atoms with E-state index in [0.29, 0.717) is 11.1 Å². The van der Waals surface area contributed by atoms with Crippen molar-refractivity contribution in [1.82, 2.24) is 0 Å². The molecule has 1 nitrogen and oxygen atoms in total. The molecule has 1 aliphatic carbocycles. The molecule has 1 fully saturated rings. The molecule has 1 rings (SSSR count). The summed E-state index contributed by atoms with van der Waals surface area (Å²) in [5.74, 6) is 0. The van der Waals surface area contributed by atoms with Crippen LogP contribution in [0.15, 0.2) is 0 Å². The quantitative estimate of drug-likeness (QED) is 0.611. The molecule has 0 N–H and O–H groups in total. The standard InChI is InChI=1S/C14H30OSi/c1-14(2,3)16(4,5)15-13-11-9-7-6-8-10-12-13/h13H,6-12H2,1-5H3. The van der Waals surface area contributed by atoms with Crippen LogP contribution in [-0.2, 0) is 4.43 Å². The minimum Gasteiger partial charge on any atom is -0.414 e. The summed E-state index contributed by atoms with van der Waals surface area (Å²) >= 11 is 0. The molecule has 0 atom stereocenters. The Kier molecular flexibility index (Phi) is 5.05. The maximum Gasteiger partial charge on any atom is 0.192 e. The van der Waals surface area contributed by atoms with E-state index in [2.05, 4.69) is 33.9 Å². The van der Waals surface area contributed by atoms with Crippen molar-refractivity contribution in [3.05, 3.63) is 0 Å². The molecular formula is C14H30OSi. The van der Waals surface area contributed by atoms with Gasteiger partial charge in [-0.1, -0.05) is 52.9 Å². The fraction of sp³-hybridized carbons (Fsp3) is 1.00. The highest BCUT2D eigenvalue weighted by Crippen LogP contribution is 2.38. The molecule has 0 bridgehead atoms. The first kappa shape index (κ1) is 14.2. The summed E-state index contributed by atoms with van der Waals surface area (Å²) in [7, 11) is -1.53. The highest BCUT2D eigenvalue weighted by atomic mass is 28.4. The zero-order valence-electron chi connectivity index (χ0n) is 11.9. The molecule has 0 aliphatic heterocycles. The molecule has 0 amide bonds. The average Bonchev–Trinajstić information content (AvgIpc) is 2.07. The van der Waals surface area contributed by atoms with Gasteiger partial charge >= 0.3 is 0 Å². The van der Waals surface area contributed by atoms with Gasteiger partial charge in [0, 0.05) is 6.10 Å². The maximum atomic E-state index is 6.52. The van der Waals surface area contributed by atoms with Crippen molar-refractivity contribution < 1.29 is 4.43 Å². The highest BCUT2D eigenvalue weighted by molar-refractivity contribution is 6.74. The van der Waals surface area contributed by atoms with Gasteiger partial charge in [0.1, 0.15) is 0 Å². The van der Waals surface area contributed by atoms with Crippen LogP contribution in [0.25, 0.3) is 0 Å². The Bertz CT molecular complexity index is 197. The summed E-state index contributed by atoms with van der Waals surface area (Å²) in [6.07, 6.45) is 10.2. The van der Waals surface area contributed by atoms with Gasteiger partial charge in [0.05, 0.1) is 0 Å². The SMILES string of the molecule is CC(C)(C)[Si](C)(C)OC1CCCCCCC1. The molecule has 0 aromatic carbocycles. The van der Waals surface area contributed by atoms with E-state index in [1.807, 2.05) is 0 Å². The Morgan fingerprint density at radius 2 is 1.31 bits per heavy atom. The van der Waals surface area contributed by atoms with Crippen molar-refractivity contribution in [2.24, 2.45) is 0 Å². The molecule has 0 aromatic heterocycles. The van der Waals surface area contributed by atoms with Crippen LogP contribution < -0.4 is 0 Å². The summed E-state index contributed by atoms with van der Waals surface area (Å²) < 4.78 is 6.52. The molecular weight excluding hydrogens is 212 g/mol. The minimum atomic E-state index is -1.53. The predicted molar refractivity (Wildman–Crippen MR) is 74.4 cm³/mol. The molecule has 0 saturated heterocycles. The van der Waals surface area contributed by atoms with Crippen molar-refractivity contribution in [2.45, 2.75) is 90.0 Å². The van der Waals surface area contributed by atoms with E-state index in [-0.39, 0.29) is 0 Å². The largest absolute Gasteiger partial charge is 0.414 e. The first-order valence-electron chi connectivity index (χ1n) is 7.01. The molecule has 0 radical (unpaired) electrons. The molecule has 1 aliphatic rings. The van der Waals surface area contributed by atoms with Crippen LogP contribution in [0.5, 0.6) is 0 Å². The fourth-order valence-electron chi connectivity index (χ4n) is 2.13. The molecule has 0 aromatic rings. The maximum absolute atomic E-state index is 6.52. The number of hydrogen-bond acceptors (Lipinski definition) is 1. The third kappa shape index (κ3) is 4.21.